The third-order valence-electron chi connectivity index (χ3n) is 5.93. The van der Waals surface area contributed by atoms with E-state index in [-0.39, 0.29) is 11.7 Å². The molecule has 0 radical (unpaired) electrons. The molecule has 0 atom stereocenters. The van der Waals surface area contributed by atoms with Crippen LogP contribution in [0.5, 0.6) is 11.5 Å². The second kappa shape index (κ2) is 14.0. The smallest absolute Gasteiger partial charge is 0.250 e. The number of rotatable bonds is 12. The Morgan fingerprint density at radius 3 is 2.22 bits per heavy atom. The molecule has 9 heteroatoms. The van der Waals surface area contributed by atoms with Gasteiger partial charge in [-0.05, 0) is 66.6 Å². The highest BCUT2D eigenvalue weighted by molar-refractivity contribution is 7.99. The van der Waals surface area contributed by atoms with Crippen LogP contribution in [0.15, 0.2) is 119 Å². The maximum absolute atomic E-state index is 12.6. The van der Waals surface area contributed by atoms with E-state index in [9.17, 15) is 4.79 Å². The third kappa shape index (κ3) is 7.61. The van der Waals surface area contributed by atoms with Gasteiger partial charge in [0.1, 0.15) is 18.1 Å². The molecule has 1 heterocycles. The highest BCUT2D eigenvalue weighted by Crippen LogP contribution is 2.28. The molecule has 0 aliphatic carbocycles. The van der Waals surface area contributed by atoms with Crippen LogP contribution in [0.2, 0.25) is 0 Å². The van der Waals surface area contributed by atoms with E-state index in [4.69, 9.17) is 9.47 Å². The molecule has 0 saturated heterocycles. The Morgan fingerprint density at radius 2 is 1.51 bits per heavy atom. The van der Waals surface area contributed by atoms with Gasteiger partial charge < -0.3 is 9.47 Å². The molecule has 1 aromatic heterocycles. The zero-order valence-electron chi connectivity index (χ0n) is 22.5. The number of carbonyl (C=O) groups is 1. The molecule has 206 valence electrons. The molecular weight excluding hydrogens is 534 g/mol. The van der Waals surface area contributed by atoms with Crippen LogP contribution in [0.1, 0.15) is 18.1 Å². The zero-order valence-corrected chi connectivity index (χ0v) is 23.3. The fourth-order valence-electron chi connectivity index (χ4n) is 3.96. The van der Waals surface area contributed by atoms with Gasteiger partial charge in [-0.25, -0.2) is 5.43 Å². The molecule has 8 nitrogen and oxygen atoms in total. The van der Waals surface area contributed by atoms with Crippen LogP contribution in [0.3, 0.4) is 0 Å². The van der Waals surface area contributed by atoms with Crippen LogP contribution >= 0.6 is 11.8 Å². The van der Waals surface area contributed by atoms with Crippen LogP contribution in [-0.2, 0) is 11.4 Å². The van der Waals surface area contributed by atoms with Crippen molar-refractivity contribution in [3.8, 4) is 28.6 Å². The van der Waals surface area contributed by atoms with Gasteiger partial charge in [-0.1, -0.05) is 72.4 Å². The summed E-state index contributed by atoms with van der Waals surface area (Å²) in [6.07, 6.45) is 1.60. The number of nitrogens with zero attached hydrogens (tertiary/aromatic N) is 4. The van der Waals surface area contributed by atoms with Gasteiger partial charge in [0.25, 0.3) is 5.91 Å². The van der Waals surface area contributed by atoms with E-state index in [0.717, 1.165) is 33.9 Å². The Hall–Kier alpha value is -4.89. The summed E-state index contributed by atoms with van der Waals surface area (Å²) in [6, 6.07) is 35.1. The number of benzene rings is 4. The van der Waals surface area contributed by atoms with Gasteiger partial charge in [0.2, 0.25) is 0 Å². The summed E-state index contributed by atoms with van der Waals surface area (Å²) < 4.78 is 13.3. The predicted octanol–water partition coefficient (Wildman–Crippen LogP) is 6.15. The van der Waals surface area contributed by atoms with Crippen LogP contribution in [-0.4, -0.2) is 39.2 Å². The highest BCUT2D eigenvalue weighted by atomic mass is 32.2. The number of aromatic nitrogens is 3. The lowest BCUT2D eigenvalue weighted by molar-refractivity contribution is -0.118. The first-order chi connectivity index (χ1) is 20.2. The van der Waals surface area contributed by atoms with Crippen molar-refractivity contribution in [3.63, 3.8) is 0 Å². The van der Waals surface area contributed by atoms with Crippen molar-refractivity contribution < 1.29 is 14.3 Å². The molecule has 0 saturated carbocycles. The van der Waals surface area contributed by atoms with Crippen molar-refractivity contribution in [1.29, 1.82) is 0 Å². The van der Waals surface area contributed by atoms with Gasteiger partial charge >= 0.3 is 0 Å². The van der Waals surface area contributed by atoms with Gasteiger partial charge in [-0.3, -0.25) is 9.36 Å². The lowest BCUT2D eigenvalue weighted by Gasteiger charge is -2.11. The average molecular weight is 564 g/mol. The number of hydrazone groups is 1. The third-order valence-corrected chi connectivity index (χ3v) is 6.86. The number of hydrogen-bond donors (Lipinski definition) is 1. The monoisotopic (exact) mass is 563 g/mol. The summed E-state index contributed by atoms with van der Waals surface area (Å²) in [4.78, 5) is 12.6. The topological polar surface area (TPSA) is 90.6 Å². The van der Waals surface area contributed by atoms with Crippen molar-refractivity contribution in [2.45, 2.75) is 18.7 Å². The normalized spacial score (nSPS) is 11.0. The summed E-state index contributed by atoms with van der Waals surface area (Å²) >= 11 is 1.29. The van der Waals surface area contributed by atoms with Crippen molar-refractivity contribution >= 4 is 23.9 Å². The van der Waals surface area contributed by atoms with E-state index in [1.165, 1.54) is 11.8 Å². The number of nitrogens with one attached hydrogen (secondary N) is 1. The minimum Gasteiger partial charge on any atom is -0.494 e. The Balaban J connectivity index is 1.19. The lowest BCUT2D eigenvalue weighted by Crippen LogP contribution is -2.20. The van der Waals surface area contributed by atoms with Crippen LogP contribution < -0.4 is 14.9 Å². The van der Waals surface area contributed by atoms with E-state index in [0.29, 0.717) is 24.2 Å². The number of hydrogen-bond acceptors (Lipinski definition) is 7. The zero-order chi connectivity index (χ0) is 28.3. The maximum Gasteiger partial charge on any atom is 0.250 e. The molecular formula is C32H29N5O3S. The number of thioether (sulfide) groups is 1. The molecule has 0 bridgehead atoms. The summed E-state index contributed by atoms with van der Waals surface area (Å²) in [7, 11) is 0. The van der Waals surface area contributed by atoms with E-state index in [1.807, 2.05) is 121 Å². The molecule has 1 N–H and O–H groups in total. The Labute approximate surface area is 243 Å². The quantitative estimate of drug-likeness (QED) is 0.111. The summed E-state index contributed by atoms with van der Waals surface area (Å²) in [6.45, 7) is 3.04. The fraction of sp³-hybridized carbons (Fsp3) is 0.125. The number of carbonyl (C=O) groups excluding carboxylic acids is 1. The van der Waals surface area contributed by atoms with Crippen LogP contribution in [0.25, 0.3) is 17.1 Å². The van der Waals surface area contributed by atoms with Crippen molar-refractivity contribution in [3.05, 3.63) is 120 Å². The molecule has 1 amide bonds. The highest BCUT2D eigenvalue weighted by Gasteiger charge is 2.17. The first-order valence-electron chi connectivity index (χ1n) is 13.1. The summed E-state index contributed by atoms with van der Waals surface area (Å²) in [5.41, 5.74) is 6.32. The Bertz CT molecular complexity index is 1570. The number of ether oxygens (including phenoxy) is 2. The molecule has 41 heavy (non-hydrogen) atoms. The second-order valence-electron chi connectivity index (χ2n) is 8.86. The molecule has 0 unspecified atom stereocenters. The van der Waals surface area contributed by atoms with Gasteiger partial charge in [0.15, 0.2) is 11.0 Å². The van der Waals surface area contributed by atoms with Gasteiger partial charge in [0, 0.05) is 11.3 Å². The van der Waals surface area contributed by atoms with Crippen molar-refractivity contribution in [1.82, 2.24) is 20.2 Å². The van der Waals surface area contributed by atoms with Gasteiger partial charge in [0.05, 0.1) is 18.6 Å². The lowest BCUT2D eigenvalue weighted by atomic mass is 10.2. The molecule has 4 aromatic carbocycles. The minimum atomic E-state index is -0.253. The predicted molar refractivity (Wildman–Crippen MR) is 162 cm³/mol. The molecule has 0 fully saturated rings. The molecule has 0 aliphatic heterocycles. The second-order valence-corrected chi connectivity index (χ2v) is 9.80. The maximum atomic E-state index is 12.6. The Kier molecular flexibility index (Phi) is 9.42. The van der Waals surface area contributed by atoms with Crippen LogP contribution in [0.4, 0.5) is 0 Å². The summed E-state index contributed by atoms with van der Waals surface area (Å²) in [5, 5.41) is 13.5. The largest absolute Gasteiger partial charge is 0.494 e. The summed E-state index contributed by atoms with van der Waals surface area (Å²) in [5.74, 6) is 2.10. The van der Waals surface area contributed by atoms with Gasteiger partial charge in [-0.15, -0.1) is 10.2 Å². The minimum absolute atomic E-state index is 0.119. The standard InChI is InChI=1S/C32H29N5O3S/c1-2-39-28-19-15-27(16-20-28)37-31(26-11-7-4-8-12-26)35-36-32(37)41-23-30(38)34-33-21-24-13-17-29(18-14-24)40-22-25-9-5-3-6-10-25/h3-21H,2,22-23H2,1H3,(H,34,38). The van der Waals surface area contributed by atoms with Crippen molar-refractivity contribution in [2.75, 3.05) is 12.4 Å². The van der Waals surface area contributed by atoms with E-state index in [2.05, 4.69) is 20.7 Å². The SMILES string of the molecule is CCOc1ccc(-n2c(SCC(=O)NN=Cc3ccc(OCc4ccccc4)cc3)nnc2-c2ccccc2)cc1. The van der Waals surface area contributed by atoms with Gasteiger partial charge in [-0.2, -0.15) is 5.10 Å². The first kappa shape index (κ1) is 27.7. The Morgan fingerprint density at radius 1 is 0.854 bits per heavy atom. The first-order valence-corrected chi connectivity index (χ1v) is 14.1. The van der Waals surface area contributed by atoms with E-state index < -0.39 is 0 Å². The molecule has 5 rings (SSSR count). The molecule has 0 aliphatic rings. The van der Waals surface area contributed by atoms with Crippen LogP contribution in [0, 0.1) is 0 Å². The molecule has 0 spiro atoms. The van der Waals surface area contributed by atoms with E-state index in [1.54, 1.807) is 6.21 Å². The van der Waals surface area contributed by atoms with Crippen molar-refractivity contribution in [2.24, 2.45) is 5.10 Å². The molecule has 5 aromatic rings. The average Bonchev–Trinajstić information content (AvgIpc) is 3.45. The van der Waals surface area contributed by atoms with E-state index >= 15 is 0 Å². The number of amides is 1. The fourth-order valence-corrected chi connectivity index (χ4v) is 4.70.